The molecule has 2 aliphatic rings. The summed E-state index contributed by atoms with van der Waals surface area (Å²) in [6.45, 7) is 0. The van der Waals surface area contributed by atoms with Crippen LogP contribution in [0.5, 0.6) is 0 Å². The summed E-state index contributed by atoms with van der Waals surface area (Å²) in [4.78, 5) is 1.52. The van der Waals surface area contributed by atoms with E-state index >= 15 is 0 Å². The summed E-state index contributed by atoms with van der Waals surface area (Å²) in [5.41, 5.74) is 2.21. The zero-order chi connectivity index (χ0) is 11.0. The number of hydrogen-bond acceptors (Lipinski definition) is 1. The number of halogens is 1. The second-order valence-electron chi connectivity index (χ2n) is 5.24. The van der Waals surface area contributed by atoms with Gasteiger partial charge in [-0.05, 0) is 42.7 Å². The summed E-state index contributed by atoms with van der Waals surface area (Å²) in [6, 6.07) is 8.91. The molecule has 0 amide bonds. The molecule has 16 heavy (non-hydrogen) atoms. The molecule has 1 fully saturated rings. The predicted molar refractivity (Wildman–Crippen MR) is 74.5 cm³/mol. The maximum Gasteiger partial charge on any atom is 0.0141 e. The lowest BCUT2D eigenvalue weighted by Gasteiger charge is -2.42. The van der Waals surface area contributed by atoms with Crippen molar-refractivity contribution in [2.45, 2.75) is 42.2 Å². The molecule has 3 rings (SSSR count). The first-order valence-electron chi connectivity index (χ1n) is 6.12. The molecule has 86 valence electrons. The van der Waals surface area contributed by atoms with Crippen LogP contribution in [-0.2, 0) is 6.42 Å². The number of rotatable bonds is 3. The SMILES string of the molecule is BrCC1(CC2Cc3ccccc3S2)CCC1. The highest BCUT2D eigenvalue weighted by molar-refractivity contribution is 9.09. The van der Waals surface area contributed by atoms with Crippen LogP contribution in [0.4, 0.5) is 0 Å². The summed E-state index contributed by atoms with van der Waals surface area (Å²) in [7, 11) is 0. The Morgan fingerprint density at radius 2 is 2.12 bits per heavy atom. The van der Waals surface area contributed by atoms with Crippen molar-refractivity contribution < 1.29 is 0 Å². The van der Waals surface area contributed by atoms with E-state index in [-0.39, 0.29) is 0 Å². The van der Waals surface area contributed by atoms with Crippen molar-refractivity contribution in [2.24, 2.45) is 5.41 Å². The van der Waals surface area contributed by atoms with Gasteiger partial charge in [0, 0.05) is 15.5 Å². The fourth-order valence-electron chi connectivity index (χ4n) is 2.92. The Morgan fingerprint density at radius 1 is 1.31 bits per heavy atom. The van der Waals surface area contributed by atoms with Gasteiger partial charge in [0.25, 0.3) is 0 Å². The van der Waals surface area contributed by atoms with Crippen LogP contribution in [0.1, 0.15) is 31.2 Å². The normalized spacial score (nSPS) is 26.2. The van der Waals surface area contributed by atoms with Crippen molar-refractivity contribution >= 4 is 27.7 Å². The van der Waals surface area contributed by atoms with Gasteiger partial charge in [-0.25, -0.2) is 0 Å². The highest BCUT2D eigenvalue weighted by Gasteiger charge is 2.39. The molecule has 1 aromatic carbocycles. The van der Waals surface area contributed by atoms with Gasteiger partial charge in [0.05, 0.1) is 0 Å². The fraction of sp³-hybridized carbons (Fsp3) is 0.571. The fourth-order valence-corrected chi connectivity index (χ4v) is 5.23. The molecule has 0 aromatic heterocycles. The summed E-state index contributed by atoms with van der Waals surface area (Å²) in [6.07, 6.45) is 7.00. The van der Waals surface area contributed by atoms with E-state index in [4.69, 9.17) is 0 Å². The zero-order valence-corrected chi connectivity index (χ0v) is 11.8. The number of thioether (sulfide) groups is 1. The molecule has 0 saturated heterocycles. The Morgan fingerprint density at radius 3 is 2.75 bits per heavy atom. The van der Waals surface area contributed by atoms with Crippen molar-refractivity contribution in [3.05, 3.63) is 29.8 Å². The molecule has 1 unspecified atom stereocenters. The third-order valence-electron chi connectivity index (χ3n) is 4.07. The van der Waals surface area contributed by atoms with Gasteiger partial charge in [-0.1, -0.05) is 40.5 Å². The average molecular weight is 297 g/mol. The first kappa shape index (κ1) is 11.2. The van der Waals surface area contributed by atoms with Gasteiger partial charge in [0.15, 0.2) is 0 Å². The Labute approximate surface area is 110 Å². The minimum absolute atomic E-state index is 0.639. The Balaban J connectivity index is 1.68. The van der Waals surface area contributed by atoms with E-state index in [1.807, 2.05) is 0 Å². The molecule has 0 radical (unpaired) electrons. The van der Waals surface area contributed by atoms with Crippen LogP contribution in [0.15, 0.2) is 29.2 Å². The van der Waals surface area contributed by atoms with E-state index in [1.54, 1.807) is 5.56 Å². The molecular formula is C14H17BrS. The number of hydrogen-bond donors (Lipinski definition) is 0. The van der Waals surface area contributed by atoms with Crippen LogP contribution in [0.3, 0.4) is 0 Å². The van der Waals surface area contributed by atoms with Gasteiger partial charge < -0.3 is 0 Å². The summed E-state index contributed by atoms with van der Waals surface area (Å²) < 4.78 is 0. The molecule has 1 atom stereocenters. The van der Waals surface area contributed by atoms with Crippen LogP contribution in [0, 0.1) is 5.41 Å². The van der Waals surface area contributed by atoms with Gasteiger partial charge in [-0.3, -0.25) is 0 Å². The maximum atomic E-state index is 3.72. The zero-order valence-electron chi connectivity index (χ0n) is 9.42. The standard InChI is InChI=1S/C14H17BrS/c15-10-14(6-3-7-14)9-12-8-11-4-1-2-5-13(11)16-12/h1-2,4-5,12H,3,6-10H2. The monoisotopic (exact) mass is 296 g/mol. The summed E-state index contributed by atoms with van der Waals surface area (Å²) >= 11 is 5.82. The number of fused-ring (bicyclic) bond motifs is 1. The van der Waals surface area contributed by atoms with Crippen LogP contribution in [0.25, 0.3) is 0 Å². The minimum Gasteiger partial charge on any atom is -0.122 e. The van der Waals surface area contributed by atoms with E-state index < -0.39 is 0 Å². The lowest BCUT2D eigenvalue weighted by atomic mass is 9.67. The smallest absolute Gasteiger partial charge is 0.0141 e. The van der Waals surface area contributed by atoms with Crippen molar-refractivity contribution in [3.63, 3.8) is 0 Å². The molecule has 0 nitrogen and oxygen atoms in total. The third-order valence-corrected chi connectivity index (χ3v) is 6.58. The molecule has 1 saturated carbocycles. The van der Waals surface area contributed by atoms with Gasteiger partial charge in [-0.2, -0.15) is 0 Å². The Hall–Kier alpha value is 0.0500. The molecule has 0 N–H and O–H groups in total. The quantitative estimate of drug-likeness (QED) is 0.731. The van der Waals surface area contributed by atoms with Gasteiger partial charge in [-0.15, -0.1) is 11.8 Å². The molecule has 2 heteroatoms. The van der Waals surface area contributed by atoms with Gasteiger partial charge >= 0.3 is 0 Å². The number of benzene rings is 1. The van der Waals surface area contributed by atoms with Crippen LogP contribution in [0.2, 0.25) is 0 Å². The van der Waals surface area contributed by atoms with Crippen molar-refractivity contribution in [1.82, 2.24) is 0 Å². The van der Waals surface area contributed by atoms with E-state index in [1.165, 1.54) is 42.3 Å². The minimum atomic E-state index is 0.639. The van der Waals surface area contributed by atoms with E-state index in [0.29, 0.717) is 5.41 Å². The second kappa shape index (κ2) is 4.38. The summed E-state index contributed by atoms with van der Waals surface area (Å²) in [5, 5.41) is 2.03. The Bertz CT molecular complexity index is 354. The lowest BCUT2D eigenvalue weighted by Crippen LogP contribution is -2.34. The molecule has 0 spiro atoms. The van der Waals surface area contributed by atoms with Crippen LogP contribution in [-0.4, -0.2) is 10.6 Å². The van der Waals surface area contributed by atoms with E-state index in [9.17, 15) is 0 Å². The lowest BCUT2D eigenvalue weighted by molar-refractivity contribution is 0.154. The molecule has 1 aliphatic carbocycles. The largest absolute Gasteiger partial charge is 0.122 e. The predicted octanol–water partition coefficient (Wildman–Crippen LogP) is 4.66. The summed E-state index contributed by atoms with van der Waals surface area (Å²) in [5.74, 6) is 0. The molecule has 0 bridgehead atoms. The van der Waals surface area contributed by atoms with E-state index in [2.05, 4.69) is 52.0 Å². The molecule has 1 heterocycles. The average Bonchev–Trinajstić information content (AvgIpc) is 2.65. The van der Waals surface area contributed by atoms with Crippen molar-refractivity contribution in [2.75, 3.05) is 5.33 Å². The number of alkyl halides is 1. The topological polar surface area (TPSA) is 0 Å². The van der Waals surface area contributed by atoms with Crippen LogP contribution < -0.4 is 0 Å². The second-order valence-corrected chi connectivity index (χ2v) is 7.15. The Kier molecular flexibility index (Phi) is 3.05. The first-order valence-corrected chi connectivity index (χ1v) is 8.12. The van der Waals surface area contributed by atoms with Gasteiger partial charge in [0.2, 0.25) is 0 Å². The molecule has 1 aromatic rings. The van der Waals surface area contributed by atoms with Gasteiger partial charge in [0.1, 0.15) is 0 Å². The highest BCUT2D eigenvalue weighted by atomic mass is 79.9. The maximum absolute atomic E-state index is 3.72. The first-order chi connectivity index (χ1) is 7.81. The van der Waals surface area contributed by atoms with Crippen LogP contribution >= 0.6 is 27.7 Å². The van der Waals surface area contributed by atoms with Crippen molar-refractivity contribution in [3.8, 4) is 0 Å². The van der Waals surface area contributed by atoms with Crippen molar-refractivity contribution in [1.29, 1.82) is 0 Å². The molecular weight excluding hydrogens is 280 g/mol. The third kappa shape index (κ3) is 1.95. The highest BCUT2D eigenvalue weighted by Crippen LogP contribution is 2.50. The molecule has 1 aliphatic heterocycles. The van der Waals surface area contributed by atoms with E-state index in [0.717, 1.165) is 5.25 Å².